The lowest BCUT2D eigenvalue weighted by Gasteiger charge is -2.05. The molecule has 0 aliphatic rings. The van der Waals surface area contributed by atoms with Crippen LogP contribution in [-0.4, -0.2) is 30.4 Å². The van der Waals surface area contributed by atoms with Crippen LogP contribution >= 0.6 is 27.7 Å². The molecule has 0 aliphatic carbocycles. The maximum atomic E-state index is 5.67. The molecule has 114 valence electrons. The smallest absolute Gasteiger partial charge is 0.247 e. The Kier molecular flexibility index (Phi) is 4.53. The van der Waals surface area contributed by atoms with E-state index in [-0.39, 0.29) is 6.04 Å². The van der Waals surface area contributed by atoms with Gasteiger partial charge in [0, 0.05) is 10.0 Å². The summed E-state index contributed by atoms with van der Waals surface area (Å²) in [6.07, 6.45) is 0. The number of hydrogen-bond acceptors (Lipinski definition) is 7. The Labute approximate surface area is 139 Å². The zero-order chi connectivity index (χ0) is 15.5. The monoisotopic (exact) mass is 380 g/mol. The van der Waals surface area contributed by atoms with Gasteiger partial charge in [-0.1, -0.05) is 27.7 Å². The van der Waals surface area contributed by atoms with Crippen molar-refractivity contribution in [3.63, 3.8) is 0 Å². The number of thioether (sulfide) groups is 1. The van der Waals surface area contributed by atoms with Crippen LogP contribution in [0.15, 0.2) is 38.3 Å². The highest BCUT2D eigenvalue weighted by Crippen LogP contribution is 2.24. The lowest BCUT2D eigenvalue weighted by Crippen LogP contribution is -2.04. The van der Waals surface area contributed by atoms with Crippen LogP contribution in [0.2, 0.25) is 0 Å². The van der Waals surface area contributed by atoms with E-state index in [1.54, 1.807) is 4.68 Å². The molecule has 0 unspecified atom stereocenters. The van der Waals surface area contributed by atoms with Crippen molar-refractivity contribution in [1.29, 1.82) is 0 Å². The largest absolute Gasteiger partial charge is 0.420 e. The molecule has 3 rings (SSSR count). The van der Waals surface area contributed by atoms with Gasteiger partial charge in [-0.3, -0.25) is 0 Å². The molecule has 0 atom stereocenters. The number of benzene rings is 1. The molecule has 0 bridgehead atoms. The van der Waals surface area contributed by atoms with Crippen LogP contribution in [0.4, 0.5) is 0 Å². The van der Waals surface area contributed by atoms with Gasteiger partial charge in [0.2, 0.25) is 16.9 Å². The summed E-state index contributed by atoms with van der Waals surface area (Å²) in [7, 11) is 0. The maximum absolute atomic E-state index is 5.67. The molecule has 0 aliphatic heterocycles. The van der Waals surface area contributed by atoms with Crippen LogP contribution in [0.5, 0.6) is 0 Å². The van der Waals surface area contributed by atoms with Gasteiger partial charge in [0.25, 0.3) is 0 Å². The first kappa shape index (κ1) is 15.2. The highest BCUT2D eigenvalue weighted by Gasteiger charge is 2.13. The van der Waals surface area contributed by atoms with Crippen molar-refractivity contribution in [2.45, 2.75) is 30.8 Å². The molecule has 0 N–H and O–H groups in total. The Balaban J connectivity index is 1.69. The average molecular weight is 381 g/mol. The number of rotatable bonds is 5. The fourth-order valence-electron chi connectivity index (χ4n) is 1.75. The molecule has 1 aromatic carbocycles. The standard InChI is InChI=1S/C13H13BrN6OS/c1-8(2)20-13(17-18-19-20)22-7-11-15-16-12(21-11)9-3-5-10(14)6-4-9/h3-6,8H,7H2,1-2H3. The van der Waals surface area contributed by atoms with Crippen LogP contribution in [0, 0.1) is 0 Å². The van der Waals surface area contributed by atoms with Crippen molar-refractivity contribution in [3.8, 4) is 11.5 Å². The van der Waals surface area contributed by atoms with E-state index in [1.807, 2.05) is 38.1 Å². The Morgan fingerprint density at radius 2 is 1.95 bits per heavy atom. The Bertz CT molecular complexity index is 754. The predicted octanol–water partition coefficient (Wildman–Crippen LogP) is 3.36. The van der Waals surface area contributed by atoms with Crippen LogP contribution in [0.3, 0.4) is 0 Å². The summed E-state index contributed by atoms with van der Waals surface area (Å²) in [5.41, 5.74) is 0.888. The van der Waals surface area contributed by atoms with Gasteiger partial charge in [-0.05, 0) is 48.5 Å². The van der Waals surface area contributed by atoms with Gasteiger partial charge >= 0.3 is 0 Å². The Morgan fingerprint density at radius 3 is 2.68 bits per heavy atom. The zero-order valence-corrected chi connectivity index (χ0v) is 14.4. The second kappa shape index (κ2) is 6.57. The van der Waals surface area contributed by atoms with E-state index in [9.17, 15) is 0 Å². The summed E-state index contributed by atoms with van der Waals surface area (Å²) >= 11 is 4.87. The molecular weight excluding hydrogens is 368 g/mol. The van der Waals surface area contributed by atoms with E-state index in [1.165, 1.54) is 11.8 Å². The minimum atomic E-state index is 0.207. The summed E-state index contributed by atoms with van der Waals surface area (Å²) < 4.78 is 8.44. The van der Waals surface area contributed by atoms with Gasteiger partial charge in [-0.25, -0.2) is 4.68 Å². The van der Waals surface area contributed by atoms with E-state index in [0.29, 0.717) is 17.5 Å². The number of hydrogen-bond donors (Lipinski definition) is 0. The number of nitrogens with zero attached hydrogens (tertiary/aromatic N) is 6. The van der Waals surface area contributed by atoms with E-state index in [4.69, 9.17) is 4.42 Å². The summed E-state index contributed by atoms with van der Waals surface area (Å²) in [6, 6.07) is 7.93. The van der Waals surface area contributed by atoms with Crippen molar-refractivity contribution in [3.05, 3.63) is 34.6 Å². The molecule has 22 heavy (non-hydrogen) atoms. The summed E-state index contributed by atoms with van der Waals surface area (Å²) in [4.78, 5) is 0. The van der Waals surface area contributed by atoms with Gasteiger partial charge in [0.1, 0.15) is 0 Å². The zero-order valence-electron chi connectivity index (χ0n) is 12.0. The molecule has 7 nitrogen and oxygen atoms in total. The molecule has 0 fully saturated rings. The van der Waals surface area contributed by atoms with E-state index >= 15 is 0 Å². The molecule has 0 radical (unpaired) electrons. The third-order valence-electron chi connectivity index (χ3n) is 2.83. The fourth-order valence-corrected chi connectivity index (χ4v) is 2.86. The van der Waals surface area contributed by atoms with Crippen LogP contribution in [0.1, 0.15) is 25.8 Å². The lowest BCUT2D eigenvalue weighted by atomic mass is 10.2. The van der Waals surface area contributed by atoms with Crippen molar-refractivity contribution < 1.29 is 4.42 Å². The Morgan fingerprint density at radius 1 is 1.18 bits per heavy atom. The van der Waals surface area contributed by atoms with Crippen molar-refractivity contribution >= 4 is 27.7 Å². The van der Waals surface area contributed by atoms with Crippen LogP contribution < -0.4 is 0 Å². The molecule has 0 spiro atoms. The highest BCUT2D eigenvalue weighted by molar-refractivity contribution is 9.10. The first-order valence-corrected chi connectivity index (χ1v) is 8.40. The van der Waals surface area contributed by atoms with Crippen LogP contribution in [-0.2, 0) is 5.75 Å². The number of aromatic nitrogens is 6. The quantitative estimate of drug-likeness (QED) is 0.627. The number of halogens is 1. The van der Waals surface area contributed by atoms with Gasteiger partial charge in [-0.2, -0.15) is 0 Å². The Hall–Kier alpha value is -1.74. The van der Waals surface area contributed by atoms with Gasteiger partial charge in [0.05, 0.1) is 11.8 Å². The molecule has 9 heteroatoms. The van der Waals surface area contributed by atoms with E-state index in [0.717, 1.165) is 15.2 Å². The third kappa shape index (κ3) is 3.36. The average Bonchev–Trinajstić information content (AvgIpc) is 3.15. The summed E-state index contributed by atoms with van der Waals surface area (Å²) in [6.45, 7) is 4.05. The van der Waals surface area contributed by atoms with Crippen LogP contribution in [0.25, 0.3) is 11.5 Å². The van der Waals surface area contributed by atoms with Crippen molar-refractivity contribution in [2.24, 2.45) is 0 Å². The van der Waals surface area contributed by atoms with Crippen molar-refractivity contribution in [2.75, 3.05) is 0 Å². The van der Waals surface area contributed by atoms with E-state index in [2.05, 4.69) is 41.7 Å². The normalized spacial score (nSPS) is 11.3. The first-order chi connectivity index (χ1) is 10.6. The molecule has 2 heterocycles. The van der Waals surface area contributed by atoms with E-state index < -0.39 is 0 Å². The molecule has 0 saturated carbocycles. The first-order valence-electron chi connectivity index (χ1n) is 6.62. The predicted molar refractivity (Wildman–Crippen MR) is 85.2 cm³/mol. The molecule has 3 aromatic rings. The molecule has 0 saturated heterocycles. The van der Waals surface area contributed by atoms with Crippen molar-refractivity contribution in [1.82, 2.24) is 30.4 Å². The minimum absolute atomic E-state index is 0.207. The van der Waals surface area contributed by atoms with Gasteiger partial charge in [-0.15, -0.1) is 15.3 Å². The summed E-state index contributed by atoms with van der Waals surface area (Å²) in [5.74, 6) is 1.57. The molecule has 2 aromatic heterocycles. The number of tetrazole rings is 1. The van der Waals surface area contributed by atoms with Gasteiger partial charge < -0.3 is 4.42 Å². The molecular formula is C13H13BrN6OS. The highest BCUT2D eigenvalue weighted by atomic mass is 79.9. The lowest BCUT2D eigenvalue weighted by molar-refractivity contribution is 0.476. The topological polar surface area (TPSA) is 82.5 Å². The fraction of sp³-hybridized carbons (Fsp3) is 0.308. The third-order valence-corrected chi connectivity index (χ3v) is 4.28. The minimum Gasteiger partial charge on any atom is -0.420 e. The second-order valence-corrected chi connectivity index (χ2v) is 6.65. The van der Waals surface area contributed by atoms with Gasteiger partial charge in [0.15, 0.2) is 0 Å². The maximum Gasteiger partial charge on any atom is 0.247 e. The summed E-state index contributed by atoms with van der Waals surface area (Å²) in [5, 5.41) is 20.5. The molecule has 0 amide bonds. The SMILES string of the molecule is CC(C)n1nnnc1SCc1nnc(-c2ccc(Br)cc2)o1. The second-order valence-electron chi connectivity index (χ2n) is 4.80.